The highest BCUT2D eigenvalue weighted by Crippen LogP contribution is 2.24. The lowest BCUT2D eigenvalue weighted by Gasteiger charge is -2.42. The maximum Gasteiger partial charge on any atom is 0.224 e. The van der Waals surface area contributed by atoms with Crippen molar-refractivity contribution in [2.24, 2.45) is 5.92 Å². The number of pyridine rings is 1. The van der Waals surface area contributed by atoms with Crippen LogP contribution in [0.25, 0.3) is 0 Å². The number of unbranched alkanes of at least 4 members (excludes halogenated alkanes) is 2. The number of amides is 2. The van der Waals surface area contributed by atoms with E-state index in [0.717, 1.165) is 76.7 Å². The zero-order chi connectivity index (χ0) is 20.5. The van der Waals surface area contributed by atoms with Gasteiger partial charge in [-0.1, -0.05) is 25.8 Å². The molecule has 160 valence electrons. The Balaban J connectivity index is 1.41. The SMILES string of the molecule is CCCCCC(=O)N1CCC(N2CCC[C@@H](C(=O)NCc3cccnc3)C2)CC1. The van der Waals surface area contributed by atoms with Gasteiger partial charge in [-0.05, 0) is 50.3 Å². The van der Waals surface area contributed by atoms with E-state index in [1.54, 1.807) is 12.4 Å². The monoisotopic (exact) mass is 400 g/mol. The van der Waals surface area contributed by atoms with E-state index in [1.807, 2.05) is 17.0 Å². The standard InChI is InChI=1S/C23H36N4O2/c1-2-3-4-9-22(28)26-14-10-21(11-15-26)27-13-6-8-20(18-27)23(29)25-17-19-7-5-12-24-16-19/h5,7,12,16,20-21H,2-4,6,8-11,13-15,17-18H2,1H3,(H,25,29)/t20-/m1/s1. The fourth-order valence-corrected chi connectivity index (χ4v) is 4.55. The Morgan fingerprint density at radius 1 is 1.17 bits per heavy atom. The average Bonchev–Trinajstić information content (AvgIpc) is 2.78. The smallest absolute Gasteiger partial charge is 0.224 e. The third-order valence-electron chi connectivity index (χ3n) is 6.34. The third kappa shape index (κ3) is 6.53. The summed E-state index contributed by atoms with van der Waals surface area (Å²) in [4.78, 5) is 33.6. The van der Waals surface area contributed by atoms with Gasteiger partial charge in [0.2, 0.25) is 11.8 Å². The Kier molecular flexibility index (Phi) is 8.47. The van der Waals surface area contributed by atoms with Crippen LogP contribution in [-0.2, 0) is 16.1 Å². The van der Waals surface area contributed by atoms with E-state index >= 15 is 0 Å². The van der Waals surface area contributed by atoms with E-state index in [-0.39, 0.29) is 11.8 Å². The molecule has 0 aromatic carbocycles. The maximum atomic E-state index is 12.7. The first kappa shape index (κ1) is 21.8. The Bertz CT molecular complexity index is 644. The number of nitrogens with zero attached hydrogens (tertiary/aromatic N) is 3. The minimum atomic E-state index is 0.0640. The molecule has 1 aromatic heterocycles. The lowest BCUT2D eigenvalue weighted by Crippen LogP contribution is -2.51. The summed E-state index contributed by atoms with van der Waals surface area (Å²) < 4.78 is 0. The number of hydrogen-bond acceptors (Lipinski definition) is 4. The Labute approximate surface area is 175 Å². The topological polar surface area (TPSA) is 65.5 Å². The van der Waals surface area contributed by atoms with Gasteiger partial charge >= 0.3 is 0 Å². The number of carbonyl (C=O) groups is 2. The normalized spacial score (nSPS) is 21.1. The van der Waals surface area contributed by atoms with Crippen molar-refractivity contribution >= 4 is 11.8 Å². The van der Waals surface area contributed by atoms with Crippen LogP contribution in [0.4, 0.5) is 0 Å². The molecule has 1 aromatic rings. The number of aromatic nitrogens is 1. The molecule has 0 radical (unpaired) electrons. The van der Waals surface area contributed by atoms with E-state index < -0.39 is 0 Å². The Hall–Kier alpha value is -1.95. The lowest BCUT2D eigenvalue weighted by atomic mass is 9.93. The predicted molar refractivity (Wildman–Crippen MR) is 114 cm³/mol. The van der Waals surface area contributed by atoms with Gasteiger partial charge < -0.3 is 10.2 Å². The maximum absolute atomic E-state index is 12.7. The lowest BCUT2D eigenvalue weighted by molar-refractivity contribution is -0.133. The number of carbonyl (C=O) groups excluding carboxylic acids is 2. The van der Waals surface area contributed by atoms with Gasteiger partial charge in [-0.15, -0.1) is 0 Å². The average molecular weight is 401 g/mol. The van der Waals surface area contributed by atoms with Gasteiger partial charge in [0.25, 0.3) is 0 Å². The summed E-state index contributed by atoms with van der Waals surface area (Å²) in [6.45, 7) is 6.35. The van der Waals surface area contributed by atoms with Crippen LogP contribution in [-0.4, -0.2) is 58.8 Å². The first-order valence-corrected chi connectivity index (χ1v) is 11.4. The number of piperidine rings is 2. The van der Waals surface area contributed by atoms with Crippen molar-refractivity contribution in [1.29, 1.82) is 0 Å². The van der Waals surface area contributed by atoms with Gasteiger partial charge in [0.1, 0.15) is 0 Å². The molecule has 2 amide bonds. The summed E-state index contributed by atoms with van der Waals surface area (Å²) >= 11 is 0. The third-order valence-corrected chi connectivity index (χ3v) is 6.34. The molecular formula is C23H36N4O2. The first-order valence-electron chi connectivity index (χ1n) is 11.4. The van der Waals surface area contributed by atoms with E-state index in [0.29, 0.717) is 24.9 Å². The quantitative estimate of drug-likeness (QED) is 0.682. The molecule has 1 N–H and O–H groups in total. The summed E-state index contributed by atoms with van der Waals surface area (Å²) in [7, 11) is 0. The molecular weight excluding hydrogens is 364 g/mol. The Morgan fingerprint density at radius 3 is 2.72 bits per heavy atom. The second kappa shape index (κ2) is 11.3. The first-order chi connectivity index (χ1) is 14.2. The molecule has 0 bridgehead atoms. The number of nitrogens with one attached hydrogen (secondary N) is 1. The highest BCUT2D eigenvalue weighted by atomic mass is 16.2. The van der Waals surface area contributed by atoms with Crippen molar-refractivity contribution in [3.05, 3.63) is 30.1 Å². The molecule has 3 heterocycles. The van der Waals surface area contributed by atoms with Crippen LogP contribution in [0.2, 0.25) is 0 Å². The molecule has 2 aliphatic heterocycles. The largest absolute Gasteiger partial charge is 0.352 e. The molecule has 2 aliphatic rings. The van der Waals surface area contributed by atoms with Crippen LogP contribution in [0.15, 0.2) is 24.5 Å². The van der Waals surface area contributed by atoms with Crippen molar-refractivity contribution in [3.63, 3.8) is 0 Å². The highest BCUT2D eigenvalue weighted by Gasteiger charge is 2.32. The number of hydrogen-bond donors (Lipinski definition) is 1. The molecule has 0 saturated carbocycles. The van der Waals surface area contributed by atoms with Crippen molar-refractivity contribution in [3.8, 4) is 0 Å². The summed E-state index contributed by atoms with van der Waals surface area (Å²) in [5.41, 5.74) is 1.03. The molecule has 2 saturated heterocycles. The predicted octanol–water partition coefficient (Wildman–Crippen LogP) is 2.98. The van der Waals surface area contributed by atoms with Crippen LogP contribution in [0.3, 0.4) is 0 Å². The molecule has 29 heavy (non-hydrogen) atoms. The number of likely N-dealkylation sites (tertiary alicyclic amines) is 2. The summed E-state index contributed by atoms with van der Waals surface area (Å²) in [5.74, 6) is 0.541. The zero-order valence-corrected chi connectivity index (χ0v) is 17.8. The molecule has 6 heteroatoms. The number of rotatable bonds is 8. The molecule has 6 nitrogen and oxygen atoms in total. The molecule has 0 unspecified atom stereocenters. The van der Waals surface area contributed by atoms with Gasteiger partial charge in [0.05, 0.1) is 5.92 Å². The van der Waals surface area contributed by atoms with Crippen LogP contribution in [0, 0.1) is 5.92 Å². The summed E-state index contributed by atoms with van der Waals surface area (Å²) in [6.07, 6.45) is 11.6. The van der Waals surface area contributed by atoms with Gasteiger partial charge in [0, 0.05) is 51.0 Å². The fraction of sp³-hybridized carbons (Fsp3) is 0.696. The van der Waals surface area contributed by atoms with E-state index in [1.165, 1.54) is 0 Å². The van der Waals surface area contributed by atoms with Gasteiger partial charge in [-0.3, -0.25) is 19.5 Å². The van der Waals surface area contributed by atoms with Crippen LogP contribution >= 0.6 is 0 Å². The van der Waals surface area contributed by atoms with Crippen LogP contribution < -0.4 is 5.32 Å². The van der Waals surface area contributed by atoms with Gasteiger partial charge in [-0.25, -0.2) is 0 Å². The minimum Gasteiger partial charge on any atom is -0.352 e. The summed E-state index contributed by atoms with van der Waals surface area (Å²) in [6, 6.07) is 4.38. The second-order valence-corrected chi connectivity index (χ2v) is 8.48. The summed E-state index contributed by atoms with van der Waals surface area (Å²) in [5, 5.41) is 3.08. The van der Waals surface area contributed by atoms with Crippen molar-refractivity contribution in [1.82, 2.24) is 20.1 Å². The van der Waals surface area contributed by atoms with Crippen LogP contribution in [0.5, 0.6) is 0 Å². The van der Waals surface area contributed by atoms with Crippen molar-refractivity contribution < 1.29 is 9.59 Å². The molecule has 2 fully saturated rings. The molecule has 3 rings (SSSR count). The molecule has 1 atom stereocenters. The van der Waals surface area contributed by atoms with Crippen molar-refractivity contribution in [2.75, 3.05) is 26.2 Å². The fourth-order valence-electron chi connectivity index (χ4n) is 4.55. The van der Waals surface area contributed by atoms with E-state index in [2.05, 4.69) is 22.1 Å². The van der Waals surface area contributed by atoms with Crippen molar-refractivity contribution in [2.45, 2.75) is 70.9 Å². The minimum absolute atomic E-state index is 0.0640. The van der Waals surface area contributed by atoms with E-state index in [9.17, 15) is 9.59 Å². The molecule has 0 aliphatic carbocycles. The van der Waals surface area contributed by atoms with Gasteiger partial charge in [-0.2, -0.15) is 0 Å². The van der Waals surface area contributed by atoms with E-state index in [4.69, 9.17) is 0 Å². The highest BCUT2D eigenvalue weighted by molar-refractivity contribution is 5.79. The Morgan fingerprint density at radius 2 is 2.00 bits per heavy atom. The zero-order valence-electron chi connectivity index (χ0n) is 17.8. The van der Waals surface area contributed by atoms with Crippen LogP contribution in [0.1, 0.15) is 63.9 Å². The second-order valence-electron chi connectivity index (χ2n) is 8.48. The van der Waals surface area contributed by atoms with Gasteiger partial charge in [0.15, 0.2) is 0 Å². The molecule has 0 spiro atoms.